The third-order valence-corrected chi connectivity index (χ3v) is 3.61. The Kier molecular flexibility index (Phi) is 3.50. The molecule has 0 fully saturated rings. The van der Waals surface area contributed by atoms with E-state index in [1.165, 1.54) is 12.1 Å². The molecule has 94 valence electrons. The number of benzene rings is 1. The van der Waals surface area contributed by atoms with Gasteiger partial charge in [0.05, 0.1) is 9.82 Å². The molecule has 1 rings (SSSR count). The zero-order valence-electron chi connectivity index (χ0n) is 9.60. The lowest BCUT2D eigenvalue weighted by molar-refractivity contribution is -0.385. The van der Waals surface area contributed by atoms with Crippen LogP contribution in [0.2, 0.25) is 0 Å². The molecule has 0 atom stereocenters. The highest BCUT2D eigenvalue weighted by atomic mass is 35.7. The van der Waals surface area contributed by atoms with Gasteiger partial charge in [-0.15, -0.1) is 0 Å². The zero-order valence-corrected chi connectivity index (χ0v) is 11.2. The fourth-order valence-electron chi connectivity index (χ4n) is 1.45. The van der Waals surface area contributed by atoms with Crippen molar-refractivity contribution >= 4 is 25.4 Å². The van der Waals surface area contributed by atoms with E-state index < -0.39 is 19.4 Å². The van der Waals surface area contributed by atoms with Crippen molar-refractivity contribution in [2.75, 3.05) is 0 Å². The van der Waals surface area contributed by atoms with Crippen molar-refractivity contribution < 1.29 is 13.3 Å². The quantitative estimate of drug-likeness (QED) is 0.473. The maximum absolute atomic E-state index is 11.4. The van der Waals surface area contributed by atoms with Gasteiger partial charge in [-0.2, -0.15) is 0 Å². The van der Waals surface area contributed by atoms with E-state index in [9.17, 15) is 18.5 Å². The molecule has 0 saturated heterocycles. The normalized spacial score (nSPS) is 12.5. The molecule has 0 radical (unpaired) electrons. The van der Waals surface area contributed by atoms with Crippen LogP contribution in [0, 0.1) is 10.1 Å². The summed E-state index contributed by atoms with van der Waals surface area (Å²) < 4.78 is 22.8. The summed E-state index contributed by atoms with van der Waals surface area (Å²) in [5, 5.41) is 10.6. The van der Waals surface area contributed by atoms with Crippen LogP contribution in [0.25, 0.3) is 0 Å². The molecule has 1 aromatic carbocycles. The molecule has 0 heterocycles. The van der Waals surface area contributed by atoms with Gasteiger partial charge < -0.3 is 0 Å². The van der Waals surface area contributed by atoms with Crippen molar-refractivity contribution in [1.82, 2.24) is 0 Å². The first-order valence-electron chi connectivity index (χ1n) is 4.77. The molecule has 0 aromatic heterocycles. The standard InChI is InChI=1S/C10H12ClNO4S/c1-10(2,3)8-5-4-7(12(13)14)6-9(8)17(11,15)16/h4-6H,1-3H3. The highest BCUT2D eigenvalue weighted by Gasteiger charge is 2.26. The van der Waals surface area contributed by atoms with Crippen LogP contribution in [0.1, 0.15) is 26.3 Å². The summed E-state index contributed by atoms with van der Waals surface area (Å²) in [6.07, 6.45) is 0. The predicted molar refractivity (Wildman–Crippen MR) is 64.8 cm³/mol. The van der Waals surface area contributed by atoms with Gasteiger partial charge >= 0.3 is 0 Å². The Hall–Kier alpha value is -1.14. The summed E-state index contributed by atoms with van der Waals surface area (Å²) in [4.78, 5) is 9.75. The smallest absolute Gasteiger partial charge is 0.258 e. The van der Waals surface area contributed by atoms with Crippen LogP contribution >= 0.6 is 10.7 Å². The molecular weight excluding hydrogens is 266 g/mol. The van der Waals surface area contributed by atoms with E-state index in [1.54, 1.807) is 20.8 Å². The van der Waals surface area contributed by atoms with Crippen LogP contribution < -0.4 is 0 Å². The number of rotatable bonds is 2. The minimum Gasteiger partial charge on any atom is -0.258 e. The molecule has 0 amide bonds. The van der Waals surface area contributed by atoms with Gasteiger partial charge in [0.1, 0.15) is 0 Å². The highest BCUT2D eigenvalue weighted by molar-refractivity contribution is 8.13. The summed E-state index contributed by atoms with van der Waals surface area (Å²) >= 11 is 0. The van der Waals surface area contributed by atoms with E-state index in [0.29, 0.717) is 5.56 Å². The van der Waals surface area contributed by atoms with Crippen molar-refractivity contribution in [3.8, 4) is 0 Å². The van der Waals surface area contributed by atoms with Gasteiger partial charge in [0, 0.05) is 22.8 Å². The molecule has 7 heteroatoms. The lowest BCUT2D eigenvalue weighted by Gasteiger charge is -2.21. The van der Waals surface area contributed by atoms with E-state index in [-0.39, 0.29) is 10.6 Å². The van der Waals surface area contributed by atoms with Gasteiger partial charge in [-0.25, -0.2) is 8.42 Å². The second kappa shape index (κ2) is 4.27. The summed E-state index contributed by atoms with van der Waals surface area (Å²) in [5.41, 5.74) is -0.304. The predicted octanol–water partition coefficient (Wildman–Crippen LogP) is 2.82. The van der Waals surface area contributed by atoms with E-state index in [2.05, 4.69) is 0 Å². The number of non-ortho nitro benzene ring substituents is 1. The molecule has 17 heavy (non-hydrogen) atoms. The largest absolute Gasteiger partial charge is 0.270 e. The Morgan fingerprint density at radius 2 is 1.82 bits per heavy atom. The third-order valence-electron chi connectivity index (χ3n) is 2.25. The molecule has 0 saturated carbocycles. The van der Waals surface area contributed by atoms with Crippen molar-refractivity contribution in [2.45, 2.75) is 31.1 Å². The van der Waals surface area contributed by atoms with Gasteiger partial charge in [-0.3, -0.25) is 10.1 Å². The van der Waals surface area contributed by atoms with Gasteiger partial charge in [-0.05, 0) is 11.0 Å². The third kappa shape index (κ3) is 3.17. The Labute approximate surface area is 104 Å². The van der Waals surface area contributed by atoms with E-state index in [4.69, 9.17) is 10.7 Å². The van der Waals surface area contributed by atoms with E-state index in [1.807, 2.05) is 0 Å². The van der Waals surface area contributed by atoms with Crippen molar-refractivity contribution in [2.24, 2.45) is 0 Å². The monoisotopic (exact) mass is 277 g/mol. The average Bonchev–Trinajstić information content (AvgIpc) is 2.14. The molecular formula is C10H12ClNO4S. The van der Waals surface area contributed by atoms with Crippen LogP contribution in [0.5, 0.6) is 0 Å². The molecule has 0 aliphatic carbocycles. The Bertz CT molecular complexity index is 560. The molecule has 0 spiro atoms. The van der Waals surface area contributed by atoms with Gasteiger partial charge in [0.2, 0.25) is 0 Å². The van der Waals surface area contributed by atoms with Gasteiger partial charge in [0.15, 0.2) is 0 Å². The molecule has 1 aromatic rings. The Morgan fingerprint density at radius 3 is 2.18 bits per heavy atom. The topological polar surface area (TPSA) is 77.3 Å². The van der Waals surface area contributed by atoms with Crippen LogP contribution in [0.4, 0.5) is 5.69 Å². The molecule has 0 N–H and O–H groups in total. The number of halogens is 1. The second-order valence-electron chi connectivity index (χ2n) is 4.63. The summed E-state index contributed by atoms with van der Waals surface area (Å²) in [5.74, 6) is 0. The lowest BCUT2D eigenvalue weighted by atomic mass is 9.87. The number of hydrogen-bond acceptors (Lipinski definition) is 4. The minimum atomic E-state index is -4.00. The Balaban J connectivity index is 3.60. The molecule has 0 bridgehead atoms. The number of nitro benzene ring substituents is 1. The summed E-state index contributed by atoms with van der Waals surface area (Å²) in [6, 6.07) is 3.68. The van der Waals surface area contributed by atoms with Crippen molar-refractivity contribution in [1.29, 1.82) is 0 Å². The maximum atomic E-state index is 11.4. The zero-order chi connectivity index (χ0) is 13.4. The second-order valence-corrected chi connectivity index (χ2v) is 7.16. The van der Waals surface area contributed by atoms with Crippen LogP contribution in [0.3, 0.4) is 0 Å². The number of nitro groups is 1. The number of hydrogen-bond donors (Lipinski definition) is 0. The first kappa shape index (κ1) is 13.9. The molecule has 5 nitrogen and oxygen atoms in total. The Morgan fingerprint density at radius 1 is 1.29 bits per heavy atom. The first-order chi connectivity index (χ1) is 7.53. The average molecular weight is 278 g/mol. The van der Waals surface area contributed by atoms with Gasteiger partial charge in [-0.1, -0.05) is 26.8 Å². The molecule has 0 aliphatic heterocycles. The highest BCUT2D eigenvalue weighted by Crippen LogP contribution is 2.33. The van der Waals surface area contributed by atoms with Crippen LogP contribution in [-0.2, 0) is 14.5 Å². The van der Waals surface area contributed by atoms with Crippen LogP contribution in [0.15, 0.2) is 23.1 Å². The number of nitrogens with zero attached hydrogens (tertiary/aromatic N) is 1. The maximum Gasteiger partial charge on any atom is 0.270 e. The van der Waals surface area contributed by atoms with E-state index in [0.717, 1.165) is 6.07 Å². The molecule has 0 unspecified atom stereocenters. The van der Waals surface area contributed by atoms with Crippen molar-refractivity contribution in [3.05, 3.63) is 33.9 Å². The van der Waals surface area contributed by atoms with Crippen molar-refractivity contribution in [3.63, 3.8) is 0 Å². The fraction of sp³-hybridized carbons (Fsp3) is 0.400. The van der Waals surface area contributed by atoms with E-state index >= 15 is 0 Å². The minimum absolute atomic E-state index is 0.208. The lowest BCUT2D eigenvalue weighted by Crippen LogP contribution is -2.15. The fourth-order valence-corrected chi connectivity index (χ4v) is 2.73. The van der Waals surface area contributed by atoms with Gasteiger partial charge in [0.25, 0.3) is 14.7 Å². The summed E-state index contributed by atoms with van der Waals surface area (Å²) in [6.45, 7) is 5.42. The van der Waals surface area contributed by atoms with Crippen LogP contribution in [-0.4, -0.2) is 13.3 Å². The SMILES string of the molecule is CC(C)(C)c1ccc([N+](=O)[O-])cc1S(=O)(=O)Cl. The summed E-state index contributed by atoms with van der Waals surface area (Å²) in [7, 11) is 1.29. The first-order valence-corrected chi connectivity index (χ1v) is 7.08. The molecule has 0 aliphatic rings.